The molecule has 5 atom stereocenters. The van der Waals surface area contributed by atoms with Crippen LogP contribution in [0.25, 0.3) is 11.2 Å². The average Bonchev–Trinajstić information content (AvgIpc) is 3.07. The molecule has 3 heterocycles. The Morgan fingerprint density at radius 2 is 1.86 bits per heavy atom. The van der Waals surface area contributed by atoms with Crippen LogP contribution in [0.2, 0.25) is 0 Å². The van der Waals surface area contributed by atoms with Gasteiger partial charge in [-0.25, -0.2) is 24.1 Å². The van der Waals surface area contributed by atoms with E-state index in [1.165, 1.54) is 10.9 Å². The Labute approximate surface area is 176 Å². The average molecular weight is 636 g/mol. The molecular formula is C10H17N5O10P2Pb. The van der Waals surface area contributed by atoms with Crippen molar-refractivity contribution in [3.8, 4) is 0 Å². The fourth-order valence-corrected chi connectivity index (χ4v) is 4.08. The van der Waals surface area contributed by atoms with Crippen LogP contribution in [0, 0.1) is 0 Å². The molecule has 18 heteroatoms. The van der Waals surface area contributed by atoms with E-state index in [1.54, 1.807) is 0 Å². The number of anilines is 1. The number of rotatable bonds is 6. The first kappa shape index (κ1) is 23.7. The summed E-state index contributed by atoms with van der Waals surface area (Å²) in [6.07, 6.45) is -3.20. The number of nitrogens with zero attached hydrogens (tertiary/aromatic N) is 4. The molecule has 1 fully saturated rings. The molecule has 1 saturated heterocycles. The van der Waals surface area contributed by atoms with Crippen LogP contribution in [0.5, 0.6) is 0 Å². The van der Waals surface area contributed by atoms with Gasteiger partial charge in [0.15, 0.2) is 17.7 Å². The molecule has 0 aliphatic carbocycles. The van der Waals surface area contributed by atoms with E-state index in [4.69, 9.17) is 20.3 Å². The third kappa shape index (κ3) is 5.12. The quantitative estimate of drug-likeness (QED) is 0.140. The minimum atomic E-state index is -5.29. The molecule has 2 radical (unpaired) electrons. The molecule has 0 bridgehead atoms. The van der Waals surface area contributed by atoms with E-state index >= 15 is 0 Å². The van der Waals surface area contributed by atoms with Crippen molar-refractivity contribution < 1.29 is 47.6 Å². The number of ether oxygens (including phenoxy) is 1. The first-order valence-electron chi connectivity index (χ1n) is 7.17. The van der Waals surface area contributed by atoms with Gasteiger partial charge >= 0.3 is 42.9 Å². The third-order valence-corrected chi connectivity index (χ3v) is 5.76. The van der Waals surface area contributed by atoms with E-state index in [2.05, 4.69) is 23.8 Å². The molecule has 28 heavy (non-hydrogen) atoms. The zero-order valence-corrected chi connectivity index (χ0v) is 21.2. The molecule has 7 N–H and O–H groups in total. The summed E-state index contributed by atoms with van der Waals surface area (Å²) in [4.78, 5) is 38.1. The van der Waals surface area contributed by atoms with Gasteiger partial charge in [-0.3, -0.25) is 9.09 Å². The number of hydrogen-bond acceptors (Lipinski definition) is 11. The minimum absolute atomic E-state index is 0. The number of aliphatic hydroxyl groups is 2. The number of fused-ring (bicyclic) bond motifs is 1. The summed E-state index contributed by atoms with van der Waals surface area (Å²) >= 11 is 0. The molecule has 2 aromatic heterocycles. The van der Waals surface area contributed by atoms with E-state index in [9.17, 15) is 24.2 Å². The second kappa shape index (κ2) is 8.65. The molecule has 0 spiro atoms. The molecule has 0 aromatic carbocycles. The van der Waals surface area contributed by atoms with Crippen LogP contribution in [-0.4, -0.2) is 96.6 Å². The first-order valence-corrected chi connectivity index (χ1v) is 10.2. The molecule has 15 nitrogen and oxygen atoms in total. The summed E-state index contributed by atoms with van der Waals surface area (Å²) < 4.78 is 36.8. The Balaban J connectivity index is 0.00000280. The second-order valence-electron chi connectivity index (χ2n) is 5.47. The van der Waals surface area contributed by atoms with Crippen LogP contribution in [0.1, 0.15) is 6.23 Å². The monoisotopic (exact) mass is 637 g/mol. The number of aromatic nitrogens is 4. The molecular weight excluding hydrogens is 619 g/mol. The summed E-state index contributed by atoms with van der Waals surface area (Å²) in [5, 5.41) is 20.3. The van der Waals surface area contributed by atoms with Crippen molar-refractivity contribution in [2.24, 2.45) is 0 Å². The van der Waals surface area contributed by atoms with Crippen molar-refractivity contribution in [2.75, 3.05) is 12.3 Å². The number of aliphatic hydroxyl groups excluding tert-OH is 2. The standard InChI is InChI=1S/C10H15N5O10P2.Pb.2H/c11-8-5-9(13-2-12-8)15(3-14-5)10-7(17)6(16)4(24-10)1-23-27(21,22)25-26(18,19)20;;;/h2-4,6-7,10,16-17H,1H2,(H,21,22)(H2,11,12,13)(H2,18,19,20);;;/t4-,6-,7-,10-;;;/m1.../s1. The van der Waals surface area contributed by atoms with Gasteiger partial charge in [-0.05, 0) is 0 Å². The summed E-state index contributed by atoms with van der Waals surface area (Å²) in [5.41, 5.74) is 6.11. The van der Waals surface area contributed by atoms with Crippen molar-refractivity contribution in [3.63, 3.8) is 0 Å². The van der Waals surface area contributed by atoms with Crippen LogP contribution in [-0.2, 0) is 22.7 Å². The predicted octanol–water partition coefficient (Wildman–Crippen LogP) is -2.66. The van der Waals surface area contributed by atoms with Gasteiger partial charge in [0.2, 0.25) is 0 Å². The van der Waals surface area contributed by atoms with Gasteiger partial charge < -0.3 is 35.4 Å². The molecule has 156 valence electrons. The molecule has 0 saturated carbocycles. The maximum absolute atomic E-state index is 11.5. The van der Waals surface area contributed by atoms with Gasteiger partial charge in [0.05, 0.1) is 12.9 Å². The van der Waals surface area contributed by atoms with Crippen LogP contribution < -0.4 is 5.73 Å². The molecule has 0 amide bonds. The fourth-order valence-electron chi connectivity index (χ4n) is 2.48. The number of phosphoric ester groups is 1. The number of hydrogen-bond donors (Lipinski definition) is 6. The first-order chi connectivity index (χ1) is 12.5. The van der Waals surface area contributed by atoms with Crippen molar-refractivity contribution >= 4 is 59.9 Å². The van der Waals surface area contributed by atoms with E-state index in [0.29, 0.717) is 0 Å². The van der Waals surface area contributed by atoms with Crippen molar-refractivity contribution in [1.82, 2.24) is 19.5 Å². The summed E-state index contributed by atoms with van der Waals surface area (Å²) in [6, 6.07) is 0. The number of imidazole rings is 1. The van der Waals surface area contributed by atoms with E-state index in [0.717, 1.165) is 6.33 Å². The molecule has 1 unspecified atom stereocenters. The zero-order valence-electron chi connectivity index (χ0n) is 13.9. The molecule has 2 aromatic rings. The third-order valence-electron chi connectivity index (χ3n) is 3.61. The van der Waals surface area contributed by atoms with Gasteiger partial charge in [-0.15, -0.1) is 0 Å². The van der Waals surface area contributed by atoms with E-state index < -0.39 is 46.8 Å². The van der Waals surface area contributed by atoms with Gasteiger partial charge in [0.1, 0.15) is 30.2 Å². The summed E-state index contributed by atoms with van der Waals surface area (Å²) in [7, 11) is -10.4. The molecule has 1 aliphatic heterocycles. The topological polar surface area (TPSA) is 233 Å². The number of nitrogens with two attached hydrogens (primary N) is 1. The SMILES string of the molecule is Nc1ncnc2c1ncn2[C@@H]1O[C@H](COP(=O)(O)OP(=O)(O)O)[C@@H](O)[C@H]1O.[PbH2]. The van der Waals surface area contributed by atoms with Crippen molar-refractivity contribution in [2.45, 2.75) is 24.5 Å². The van der Waals surface area contributed by atoms with Gasteiger partial charge in [-0.2, -0.15) is 4.31 Å². The van der Waals surface area contributed by atoms with Gasteiger partial charge in [-0.1, -0.05) is 0 Å². The Bertz CT molecular complexity index is 938. The normalized spacial score (nSPS) is 27.5. The van der Waals surface area contributed by atoms with Crippen molar-refractivity contribution in [1.29, 1.82) is 0 Å². The fraction of sp³-hybridized carbons (Fsp3) is 0.500. The van der Waals surface area contributed by atoms with E-state index in [-0.39, 0.29) is 44.3 Å². The second-order valence-corrected chi connectivity index (χ2v) is 8.30. The Hall–Kier alpha value is -0.588. The van der Waals surface area contributed by atoms with Gasteiger partial charge in [0, 0.05) is 0 Å². The summed E-state index contributed by atoms with van der Waals surface area (Å²) in [5.74, 6) is 0.0856. The molecule has 1 aliphatic rings. The van der Waals surface area contributed by atoms with Crippen LogP contribution in [0.15, 0.2) is 12.7 Å². The van der Waals surface area contributed by atoms with E-state index in [1.807, 2.05) is 0 Å². The van der Waals surface area contributed by atoms with Crippen LogP contribution in [0.3, 0.4) is 0 Å². The Morgan fingerprint density at radius 1 is 1.18 bits per heavy atom. The Morgan fingerprint density at radius 3 is 2.50 bits per heavy atom. The number of nitrogen functional groups attached to an aromatic ring is 1. The number of phosphoric acid groups is 2. The van der Waals surface area contributed by atoms with Crippen LogP contribution in [0.4, 0.5) is 5.82 Å². The summed E-state index contributed by atoms with van der Waals surface area (Å²) in [6.45, 7) is -0.813. The van der Waals surface area contributed by atoms with Crippen LogP contribution >= 0.6 is 15.6 Å². The van der Waals surface area contributed by atoms with Crippen molar-refractivity contribution in [3.05, 3.63) is 12.7 Å². The maximum atomic E-state index is 11.5. The molecule has 3 rings (SSSR count). The van der Waals surface area contributed by atoms with Gasteiger partial charge in [0.25, 0.3) is 0 Å². The predicted molar refractivity (Wildman–Crippen MR) is 93.1 cm³/mol. The Kier molecular flexibility index (Phi) is 7.32. The zero-order chi connectivity index (χ0) is 20.0.